The molecule has 0 aliphatic carbocycles. The third kappa shape index (κ3) is 8.55. The molecule has 2 aromatic rings. The summed E-state index contributed by atoms with van der Waals surface area (Å²) in [6.07, 6.45) is 2.03. The third-order valence-electron chi connectivity index (χ3n) is 5.78. The number of rotatable bonds is 13. The van der Waals surface area contributed by atoms with Crippen molar-refractivity contribution in [2.75, 3.05) is 24.2 Å². The van der Waals surface area contributed by atoms with Gasteiger partial charge in [-0.1, -0.05) is 36.8 Å². The second-order valence-corrected chi connectivity index (χ2v) is 11.1. The van der Waals surface area contributed by atoms with Crippen LogP contribution in [0, 0.1) is 6.92 Å². The van der Waals surface area contributed by atoms with Crippen LogP contribution in [0.1, 0.15) is 51.2 Å². The topological polar surface area (TPSA) is 96.0 Å². The number of carbonyl (C=O) groups excluding carboxylic acids is 2. The summed E-state index contributed by atoms with van der Waals surface area (Å²) in [6, 6.07) is 13.9. The molecule has 0 radical (unpaired) electrons. The normalized spacial score (nSPS) is 12.2. The van der Waals surface area contributed by atoms with Crippen molar-refractivity contribution in [3.63, 3.8) is 0 Å². The molecule has 0 saturated heterocycles. The fraction of sp³-hybridized carbons (Fsp3) is 0.481. The van der Waals surface area contributed by atoms with Crippen molar-refractivity contribution in [2.45, 2.75) is 65.6 Å². The van der Waals surface area contributed by atoms with Gasteiger partial charge in [-0.2, -0.15) is 0 Å². The van der Waals surface area contributed by atoms with Crippen LogP contribution in [0.2, 0.25) is 0 Å². The molecule has 36 heavy (non-hydrogen) atoms. The zero-order valence-electron chi connectivity index (χ0n) is 22.2. The van der Waals surface area contributed by atoms with Crippen LogP contribution in [0.5, 0.6) is 5.75 Å². The number of methoxy groups -OCH3 is 1. The summed E-state index contributed by atoms with van der Waals surface area (Å²) in [7, 11) is -1.94. The first-order valence-corrected chi connectivity index (χ1v) is 14.1. The number of sulfonamides is 1. The Morgan fingerprint density at radius 2 is 1.75 bits per heavy atom. The number of hydrogen-bond donors (Lipinski definition) is 1. The van der Waals surface area contributed by atoms with Crippen LogP contribution in [0.15, 0.2) is 48.5 Å². The number of nitrogens with zero attached hydrogens (tertiary/aromatic N) is 2. The first-order valence-electron chi connectivity index (χ1n) is 12.2. The Morgan fingerprint density at radius 3 is 2.31 bits per heavy atom. The lowest BCUT2D eigenvalue weighted by Crippen LogP contribution is -2.50. The molecule has 1 N–H and O–H groups in total. The fourth-order valence-electron chi connectivity index (χ4n) is 3.98. The van der Waals surface area contributed by atoms with Crippen molar-refractivity contribution in [2.24, 2.45) is 0 Å². The predicted molar refractivity (Wildman–Crippen MR) is 144 cm³/mol. The molecule has 0 aromatic heterocycles. The molecule has 0 saturated carbocycles. The molecule has 2 rings (SSSR count). The summed E-state index contributed by atoms with van der Waals surface area (Å²) >= 11 is 0. The minimum absolute atomic E-state index is 0.0573. The number of anilines is 1. The lowest BCUT2D eigenvalue weighted by atomic mass is 10.1. The van der Waals surface area contributed by atoms with E-state index in [0.29, 0.717) is 24.3 Å². The summed E-state index contributed by atoms with van der Waals surface area (Å²) in [5.74, 6) is 0.253. The Morgan fingerprint density at radius 1 is 1.08 bits per heavy atom. The first kappa shape index (κ1) is 29.2. The Bertz CT molecular complexity index is 1120. The number of benzene rings is 2. The minimum atomic E-state index is -3.52. The molecular formula is C27H39N3O5S. The third-order valence-corrected chi connectivity index (χ3v) is 6.97. The fourth-order valence-corrected chi connectivity index (χ4v) is 4.95. The number of amides is 2. The molecular weight excluding hydrogens is 478 g/mol. The van der Waals surface area contributed by atoms with Gasteiger partial charge in [0.05, 0.1) is 19.1 Å². The van der Waals surface area contributed by atoms with Gasteiger partial charge in [0.2, 0.25) is 21.8 Å². The Labute approximate surface area is 215 Å². The van der Waals surface area contributed by atoms with Gasteiger partial charge in [-0.15, -0.1) is 0 Å². The van der Waals surface area contributed by atoms with Crippen molar-refractivity contribution < 1.29 is 22.7 Å². The van der Waals surface area contributed by atoms with Gasteiger partial charge in [0.15, 0.2) is 0 Å². The maximum Gasteiger partial charge on any atom is 0.243 e. The number of carbonyl (C=O) groups is 2. The molecule has 0 spiro atoms. The molecule has 2 amide bonds. The van der Waals surface area contributed by atoms with Crippen molar-refractivity contribution in [1.82, 2.24) is 10.2 Å². The van der Waals surface area contributed by atoms with E-state index in [-0.39, 0.29) is 37.4 Å². The van der Waals surface area contributed by atoms with Crippen molar-refractivity contribution in [3.05, 3.63) is 59.7 Å². The molecule has 0 heterocycles. The lowest BCUT2D eigenvalue weighted by molar-refractivity contribution is -0.141. The smallest absolute Gasteiger partial charge is 0.243 e. The van der Waals surface area contributed by atoms with E-state index >= 15 is 0 Å². The molecule has 0 aliphatic rings. The Kier molecular flexibility index (Phi) is 10.8. The van der Waals surface area contributed by atoms with Crippen LogP contribution in [0.25, 0.3) is 0 Å². The van der Waals surface area contributed by atoms with E-state index in [4.69, 9.17) is 4.74 Å². The molecule has 198 valence electrons. The molecule has 0 aliphatic heterocycles. The van der Waals surface area contributed by atoms with Crippen LogP contribution in [0.3, 0.4) is 0 Å². The minimum Gasteiger partial charge on any atom is -0.497 e. The van der Waals surface area contributed by atoms with Gasteiger partial charge in [-0.05, 0) is 63.4 Å². The summed E-state index contributed by atoms with van der Waals surface area (Å²) in [5, 5.41) is 2.91. The molecule has 0 bridgehead atoms. The molecule has 2 aromatic carbocycles. The largest absolute Gasteiger partial charge is 0.497 e. The SMILES string of the molecule is CC[C@@H](C(=O)NC(C)C)N(Cc1cccc(OC)c1)C(=O)CCCN(c1ccc(C)cc1)S(C)(=O)=O. The van der Waals surface area contributed by atoms with E-state index in [0.717, 1.165) is 17.4 Å². The van der Waals surface area contributed by atoms with Crippen LogP contribution >= 0.6 is 0 Å². The molecule has 9 heteroatoms. The number of ether oxygens (including phenoxy) is 1. The Balaban J connectivity index is 2.23. The van der Waals surface area contributed by atoms with Gasteiger partial charge in [-0.25, -0.2) is 8.42 Å². The summed E-state index contributed by atoms with van der Waals surface area (Å²) in [6.45, 7) is 7.97. The van der Waals surface area contributed by atoms with Crippen molar-refractivity contribution >= 4 is 27.5 Å². The Hall–Kier alpha value is -3.07. The number of aryl methyl sites for hydroxylation is 1. The van der Waals surface area contributed by atoms with Gasteiger partial charge in [0.25, 0.3) is 0 Å². The highest BCUT2D eigenvalue weighted by Gasteiger charge is 2.29. The summed E-state index contributed by atoms with van der Waals surface area (Å²) in [4.78, 5) is 28.0. The van der Waals surface area contributed by atoms with Crippen LogP contribution < -0.4 is 14.4 Å². The van der Waals surface area contributed by atoms with Crippen molar-refractivity contribution in [3.8, 4) is 5.75 Å². The van der Waals surface area contributed by atoms with Gasteiger partial charge >= 0.3 is 0 Å². The van der Waals surface area contributed by atoms with Crippen molar-refractivity contribution in [1.29, 1.82) is 0 Å². The van der Waals surface area contributed by atoms with E-state index in [2.05, 4.69) is 5.32 Å². The molecule has 1 atom stereocenters. The summed E-state index contributed by atoms with van der Waals surface area (Å²) < 4.78 is 31.5. The summed E-state index contributed by atoms with van der Waals surface area (Å²) in [5.41, 5.74) is 2.43. The number of nitrogens with one attached hydrogen (secondary N) is 1. The van der Waals surface area contributed by atoms with Gasteiger partial charge < -0.3 is 15.0 Å². The highest BCUT2D eigenvalue weighted by molar-refractivity contribution is 7.92. The van der Waals surface area contributed by atoms with E-state index in [9.17, 15) is 18.0 Å². The van der Waals surface area contributed by atoms with Gasteiger partial charge in [0.1, 0.15) is 11.8 Å². The highest BCUT2D eigenvalue weighted by Crippen LogP contribution is 2.21. The average molecular weight is 518 g/mol. The van der Waals surface area contributed by atoms with Crippen LogP contribution in [-0.4, -0.2) is 57.1 Å². The first-order chi connectivity index (χ1) is 17.0. The van der Waals surface area contributed by atoms with Crippen LogP contribution in [-0.2, 0) is 26.2 Å². The van der Waals surface area contributed by atoms with E-state index in [1.54, 1.807) is 24.1 Å². The van der Waals surface area contributed by atoms with E-state index < -0.39 is 16.1 Å². The second kappa shape index (κ2) is 13.3. The quantitative estimate of drug-likeness (QED) is 0.435. The predicted octanol–water partition coefficient (Wildman–Crippen LogP) is 3.88. The highest BCUT2D eigenvalue weighted by atomic mass is 32.2. The monoisotopic (exact) mass is 517 g/mol. The van der Waals surface area contributed by atoms with Gasteiger partial charge in [-0.3, -0.25) is 13.9 Å². The molecule has 8 nitrogen and oxygen atoms in total. The molecule has 0 fully saturated rings. The molecule has 0 unspecified atom stereocenters. The maximum absolute atomic E-state index is 13.5. The van der Waals surface area contributed by atoms with Crippen LogP contribution in [0.4, 0.5) is 5.69 Å². The zero-order chi connectivity index (χ0) is 26.9. The van der Waals surface area contributed by atoms with Gasteiger partial charge in [0, 0.05) is 25.6 Å². The average Bonchev–Trinajstić information content (AvgIpc) is 2.81. The number of hydrogen-bond acceptors (Lipinski definition) is 5. The standard InChI is InChI=1S/C27H39N3O5S/c1-7-25(27(32)28-20(2)3)29(19-22-10-8-11-24(18-22)35-5)26(31)12-9-17-30(36(6,33)34)23-15-13-21(4)14-16-23/h8,10-11,13-16,18,20,25H,7,9,12,17,19H2,1-6H3,(H,28,32)/t25-/m0/s1. The zero-order valence-corrected chi connectivity index (χ0v) is 23.0. The maximum atomic E-state index is 13.5. The lowest BCUT2D eigenvalue weighted by Gasteiger charge is -2.31. The van der Waals surface area contributed by atoms with E-state index in [1.165, 1.54) is 4.31 Å². The second-order valence-electron chi connectivity index (χ2n) is 9.23. The van der Waals surface area contributed by atoms with E-state index in [1.807, 2.05) is 64.1 Å².